The number of benzene rings is 3. The highest BCUT2D eigenvalue weighted by molar-refractivity contribution is 7.86. The minimum atomic E-state index is -3.82. The first-order chi connectivity index (χ1) is 19.1. The van der Waals surface area contributed by atoms with Crippen LogP contribution in [0.4, 0.5) is 0 Å². The van der Waals surface area contributed by atoms with Gasteiger partial charge < -0.3 is 23.1 Å². The molecule has 2 fully saturated rings. The first-order valence-corrected chi connectivity index (χ1v) is 14.7. The summed E-state index contributed by atoms with van der Waals surface area (Å²) in [5, 5.41) is 9.82. The van der Waals surface area contributed by atoms with Crippen LogP contribution in [0.25, 0.3) is 0 Å². The maximum absolute atomic E-state index is 11.6. The van der Waals surface area contributed by atoms with Gasteiger partial charge in [0.05, 0.1) is 18.4 Å². The molecule has 0 aliphatic carbocycles. The Morgan fingerprint density at radius 3 is 1.82 bits per heavy atom. The molecular weight excluding hydrogens is 530 g/mol. The lowest BCUT2D eigenvalue weighted by atomic mass is 9.80. The van der Waals surface area contributed by atoms with Crippen molar-refractivity contribution in [3.8, 4) is 6.07 Å². The van der Waals surface area contributed by atoms with Crippen molar-refractivity contribution in [1.29, 1.82) is 5.26 Å². The van der Waals surface area contributed by atoms with Gasteiger partial charge in [0.2, 0.25) is 0 Å². The van der Waals surface area contributed by atoms with Gasteiger partial charge >= 0.3 is 10.1 Å². The van der Waals surface area contributed by atoms with Crippen molar-refractivity contribution >= 4 is 10.1 Å². The van der Waals surface area contributed by atoms with Gasteiger partial charge in [-0.3, -0.25) is 0 Å². The van der Waals surface area contributed by atoms with E-state index in [9.17, 15) is 13.7 Å². The average molecular weight is 562 g/mol. The summed E-state index contributed by atoms with van der Waals surface area (Å²) in [6.07, 6.45) is -0.986. The Labute approximate surface area is 234 Å². The third-order valence-corrected chi connectivity index (χ3v) is 7.39. The molecule has 40 heavy (non-hydrogen) atoms. The van der Waals surface area contributed by atoms with Crippen molar-refractivity contribution < 1.29 is 31.5 Å². The first-order valence-electron chi connectivity index (χ1n) is 12.9. The molecule has 4 atom stereocenters. The van der Waals surface area contributed by atoms with Gasteiger partial charge in [-0.05, 0) is 30.5 Å². The summed E-state index contributed by atoms with van der Waals surface area (Å²) in [6.45, 7) is 3.65. The van der Waals surface area contributed by atoms with E-state index in [1.54, 1.807) is 13.8 Å². The van der Waals surface area contributed by atoms with E-state index in [-0.39, 0.29) is 12.2 Å². The molecule has 3 aromatic rings. The molecule has 3 aromatic carbocycles. The van der Waals surface area contributed by atoms with Crippen LogP contribution in [0.3, 0.4) is 0 Å². The lowest BCUT2D eigenvalue weighted by Gasteiger charge is -2.37. The van der Waals surface area contributed by atoms with E-state index in [0.29, 0.717) is 0 Å². The molecule has 1 unspecified atom stereocenters. The van der Waals surface area contributed by atoms with Gasteiger partial charge in [-0.25, -0.2) is 0 Å². The molecule has 0 N–H and O–H groups in total. The largest absolute Gasteiger partial charge is 0.389 e. The van der Waals surface area contributed by atoms with E-state index >= 15 is 0 Å². The van der Waals surface area contributed by atoms with Gasteiger partial charge in [-0.15, -0.1) is 0 Å². The van der Waals surface area contributed by atoms with Gasteiger partial charge in [-0.2, -0.15) is 13.7 Å². The van der Waals surface area contributed by atoms with Crippen LogP contribution in [-0.2, 0) is 38.8 Å². The highest BCUT2D eigenvalue weighted by Gasteiger charge is 2.57. The van der Waals surface area contributed by atoms with Crippen LogP contribution >= 0.6 is 0 Å². The number of rotatable bonds is 9. The van der Waals surface area contributed by atoms with Crippen LogP contribution < -0.4 is 0 Å². The Bertz CT molecular complexity index is 1390. The zero-order valence-electron chi connectivity index (χ0n) is 22.5. The molecule has 208 valence electrons. The molecule has 0 saturated carbocycles. The van der Waals surface area contributed by atoms with Crippen LogP contribution in [0.15, 0.2) is 103 Å². The molecule has 2 heterocycles. The first kappa shape index (κ1) is 28.0. The second kappa shape index (κ2) is 11.2. The van der Waals surface area contributed by atoms with Crippen molar-refractivity contribution in [3.05, 3.63) is 120 Å². The topological polar surface area (TPSA) is 104 Å². The third-order valence-electron chi connectivity index (χ3n) is 6.94. The van der Waals surface area contributed by atoms with E-state index in [4.69, 9.17) is 23.1 Å². The molecule has 2 aliphatic rings. The van der Waals surface area contributed by atoms with Crippen LogP contribution in [0.1, 0.15) is 30.5 Å². The van der Waals surface area contributed by atoms with Crippen LogP contribution in [0.5, 0.6) is 0 Å². The molecule has 0 bridgehead atoms. The number of nitrogens with zero attached hydrogens (tertiary/aromatic N) is 1. The van der Waals surface area contributed by atoms with E-state index in [2.05, 4.69) is 0 Å². The number of hydrogen-bond donors (Lipinski definition) is 0. The number of hydrogen-bond acceptors (Lipinski definition) is 8. The summed E-state index contributed by atoms with van der Waals surface area (Å²) >= 11 is 0. The quantitative estimate of drug-likeness (QED) is 0.161. The van der Waals surface area contributed by atoms with Crippen LogP contribution in [0.2, 0.25) is 0 Å². The predicted octanol–water partition coefficient (Wildman–Crippen LogP) is 4.67. The van der Waals surface area contributed by atoms with Crippen molar-refractivity contribution in [2.75, 3.05) is 12.9 Å². The van der Waals surface area contributed by atoms with Gasteiger partial charge in [0.1, 0.15) is 42.3 Å². The zero-order chi connectivity index (χ0) is 28.4. The molecule has 2 saturated heterocycles. The van der Waals surface area contributed by atoms with E-state index in [0.717, 1.165) is 29.2 Å². The monoisotopic (exact) mass is 561 g/mol. The van der Waals surface area contributed by atoms with E-state index in [1.165, 1.54) is 0 Å². The standard InChI is InChI=1S/C31H31NO7S/c1-30(2)38-28-26(37-27(29(28)39-30)22(19-32)20-36-40(3,33)34)21-35-31(23-13-7-4-8-14-23,24-15-9-5-10-16-24)25-17-11-6-12-18-25/h4-18,20,26-29H,21H2,1-3H3/t26-,27?,28-,29+/m1/s1. The van der Waals surface area contributed by atoms with Gasteiger partial charge in [0.15, 0.2) is 5.79 Å². The van der Waals surface area contributed by atoms with Gasteiger partial charge in [0.25, 0.3) is 0 Å². The highest BCUT2D eigenvalue weighted by Crippen LogP contribution is 2.44. The Morgan fingerprint density at radius 1 is 0.900 bits per heavy atom. The average Bonchev–Trinajstić information content (AvgIpc) is 3.44. The summed E-state index contributed by atoms with van der Waals surface area (Å²) in [5.41, 5.74) is 1.79. The molecule has 9 heteroatoms. The summed E-state index contributed by atoms with van der Waals surface area (Å²) in [6, 6.07) is 31.9. The third kappa shape index (κ3) is 5.68. The molecule has 0 radical (unpaired) electrons. The fourth-order valence-electron chi connectivity index (χ4n) is 5.34. The van der Waals surface area contributed by atoms with Crippen molar-refractivity contribution in [3.63, 3.8) is 0 Å². The predicted molar refractivity (Wildman–Crippen MR) is 147 cm³/mol. The fourth-order valence-corrected chi connectivity index (χ4v) is 5.62. The minimum Gasteiger partial charge on any atom is -0.389 e. The van der Waals surface area contributed by atoms with Crippen LogP contribution in [-0.4, -0.2) is 51.5 Å². The number of fused-ring (bicyclic) bond motifs is 1. The Hall–Kier alpha value is -3.52. The lowest BCUT2D eigenvalue weighted by Crippen LogP contribution is -2.39. The molecule has 2 aliphatic heterocycles. The zero-order valence-corrected chi connectivity index (χ0v) is 23.3. The van der Waals surface area contributed by atoms with E-state index < -0.39 is 45.9 Å². The van der Waals surface area contributed by atoms with Crippen molar-refractivity contribution in [2.45, 2.75) is 49.7 Å². The molecule has 5 rings (SSSR count). The Morgan fingerprint density at radius 2 is 1.38 bits per heavy atom. The summed E-state index contributed by atoms with van der Waals surface area (Å²) in [4.78, 5) is 0. The summed E-state index contributed by atoms with van der Waals surface area (Å²) in [7, 11) is -3.82. The second-order valence-corrected chi connectivity index (χ2v) is 11.8. The molecule has 0 aromatic heterocycles. The normalized spacial score (nSPS) is 24.3. The van der Waals surface area contributed by atoms with Gasteiger partial charge in [0, 0.05) is 0 Å². The maximum atomic E-state index is 11.6. The number of ether oxygens (including phenoxy) is 4. The Balaban J connectivity index is 1.53. The smallest absolute Gasteiger partial charge is 0.305 e. The molecule has 0 amide bonds. The Kier molecular flexibility index (Phi) is 7.82. The fraction of sp³-hybridized carbons (Fsp3) is 0.323. The maximum Gasteiger partial charge on any atom is 0.305 e. The molecule has 0 spiro atoms. The van der Waals surface area contributed by atoms with E-state index in [1.807, 2.05) is 97.1 Å². The molecule has 8 nitrogen and oxygen atoms in total. The van der Waals surface area contributed by atoms with Crippen molar-refractivity contribution in [2.24, 2.45) is 0 Å². The summed E-state index contributed by atoms with van der Waals surface area (Å²) < 4.78 is 53.5. The lowest BCUT2D eigenvalue weighted by molar-refractivity contribution is -0.191. The minimum absolute atomic E-state index is 0.0235. The van der Waals surface area contributed by atoms with Gasteiger partial charge in [-0.1, -0.05) is 91.0 Å². The number of nitriles is 1. The second-order valence-electron chi connectivity index (χ2n) is 10.2. The molecular formula is C31H31NO7S. The SMILES string of the molecule is CC1(C)O[C@@H]2[C@@H](COC(c3ccccc3)(c3ccccc3)c3ccccc3)OC(C(C#N)=COS(C)(=O)=O)[C@@H]2O1. The van der Waals surface area contributed by atoms with Crippen molar-refractivity contribution in [1.82, 2.24) is 0 Å². The van der Waals surface area contributed by atoms with Crippen LogP contribution in [0, 0.1) is 11.3 Å². The summed E-state index contributed by atoms with van der Waals surface area (Å²) in [5.74, 6) is -0.941. The highest BCUT2D eigenvalue weighted by atomic mass is 32.2.